The number of hydrogen-bond donors (Lipinski definition) is 2. The van der Waals surface area contributed by atoms with Gasteiger partial charge in [0.25, 0.3) is 5.91 Å². The first-order valence-electron chi connectivity index (χ1n) is 13.7. The van der Waals surface area contributed by atoms with Crippen LogP contribution in [0.5, 0.6) is 11.5 Å². The molecule has 1 amide bonds. The predicted octanol–water partition coefficient (Wildman–Crippen LogP) is 6.02. The molecular weight excluding hydrogens is 488 g/mol. The molecule has 8 nitrogen and oxygen atoms in total. The first-order chi connectivity index (χ1) is 18.8. The van der Waals surface area contributed by atoms with Crippen LogP contribution in [0, 0.1) is 0 Å². The van der Waals surface area contributed by atoms with Gasteiger partial charge in [-0.1, -0.05) is 39.3 Å². The number of pyridine rings is 1. The van der Waals surface area contributed by atoms with Crippen LogP contribution >= 0.6 is 0 Å². The first kappa shape index (κ1) is 26.7. The van der Waals surface area contributed by atoms with Crippen molar-refractivity contribution in [3.63, 3.8) is 0 Å². The number of carbonyl (C=O) groups excluding carboxylic acids is 1. The van der Waals surface area contributed by atoms with Gasteiger partial charge in [-0.2, -0.15) is 0 Å². The summed E-state index contributed by atoms with van der Waals surface area (Å²) in [5.74, 6) is 1.76. The average Bonchev–Trinajstić information content (AvgIpc) is 3.23. The monoisotopic (exact) mass is 526 g/mol. The Bertz CT molecular complexity index is 1450. The fraction of sp³-hybridized carbons (Fsp3) is 0.387. The molecule has 1 aliphatic rings. The zero-order valence-corrected chi connectivity index (χ0v) is 23.3. The van der Waals surface area contributed by atoms with Crippen molar-refractivity contribution in [2.24, 2.45) is 7.05 Å². The van der Waals surface area contributed by atoms with Gasteiger partial charge in [-0.05, 0) is 67.2 Å². The maximum Gasteiger partial charge on any atom is 0.270 e. The molecule has 0 spiro atoms. The number of rotatable bonds is 8. The summed E-state index contributed by atoms with van der Waals surface area (Å²) in [6.07, 6.45) is 5.38. The second kappa shape index (κ2) is 11.5. The lowest BCUT2D eigenvalue weighted by molar-refractivity contribution is 0.0941. The van der Waals surface area contributed by atoms with Crippen molar-refractivity contribution in [3.8, 4) is 11.5 Å². The van der Waals surface area contributed by atoms with Crippen LogP contribution in [-0.2, 0) is 12.5 Å². The number of amides is 1. The summed E-state index contributed by atoms with van der Waals surface area (Å²) in [6, 6.07) is 17.7. The minimum Gasteiger partial charge on any atom is -0.457 e. The lowest BCUT2D eigenvalue weighted by Gasteiger charge is -2.26. The Labute approximate surface area is 230 Å². The molecule has 39 heavy (non-hydrogen) atoms. The van der Waals surface area contributed by atoms with Gasteiger partial charge in [0.1, 0.15) is 17.2 Å². The van der Waals surface area contributed by atoms with E-state index in [1.165, 1.54) is 24.8 Å². The number of likely N-dealkylation sites (tertiary alicyclic amines) is 1. The third-order valence-corrected chi connectivity index (χ3v) is 7.20. The summed E-state index contributed by atoms with van der Waals surface area (Å²) < 4.78 is 8.13. The average molecular weight is 527 g/mol. The van der Waals surface area contributed by atoms with Crippen LogP contribution in [0.2, 0.25) is 0 Å². The second-order valence-electron chi connectivity index (χ2n) is 11.2. The van der Waals surface area contributed by atoms with Gasteiger partial charge in [0, 0.05) is 44.2 Å². The number of fused-ring (bicyclic) bond motifs is 1. The van der Waals surface area contributed by atoms with Crippen molar-refractivity contribution in [3.05, 3.63) is 72.1 Å². The van der Waals surface area contributed by atoms with Crippen molar-refractivity contribution in [2.45, 2.75) is 45.4 Å². The molecule has 1 fully saturated rings. The van der Waals surface area contributed by atoms with E-state index in [0.29, 0.717) is 23.7 Å². The van der Waals surface area contributed by atoms with Gasteiger partial charge < -0.3 is 24.8 Å². The van der Waals surface area contributed by atoms with Crippen molar-refractivity contribution in [1.82, 2.24) is 24.8 Å². The number of benzene rings is 2. The fourth-order valence-corrected chi connectivity index (χ4v) is 4.88. The Morgan fingerprint density at radius 2 is 1.79 bits per heavy atom. The summed E-state index contributed by atoms with van der Waals surface area (Å²) in [5.41, 5.74) is 4.46. The van der Waals surface area contributed by atoms with Gasteiger partial charge in [-0.15, -0.1) is 0 Å². The van der Waals surface area contributed by atoms with Gasteiger partial charge >= 0.3 is 0 Å². The number of imidazole rings is 1. The smallest absolute Gasteiger partial charge is 0.270 e. The van der Waals surface area contributed by atoms with E-state index in [1.807, 2.05) is 35.9 Å². The lowest BCUT2D eigenvalue weighted by atomic mass is 9.87. The molecule has 2 N–H and O–H groups in total. The number of hydrogen-bond acceptors (Lipinski definition) is 6. The summed E-state index contributed by atoms with van der Waals surface area (Å²) >= 11 is 0. The SMILES string of the molecule is Cn1c(Nc2cccc(C(C)(C)C)c2)nc2cc(Oc3ccnc(C(=O)NCCN4CCCCC4)c3)ccc21. The Hall–Kier alpha value is -3.91. The standard InChI is InChI=1S/C31H38N6O2/c1-31(2,3)22-9-8-10-23(19-22)34-30-35-26-20-24(11-12-28(26)36(30)4)39-25-13-14-32-27(21-25)29(38)33-15-18-37-16-6-5-7-17-37/h8-14,19-21H,5-7,15-18H2,1-4H3,(H,33,38)(H,34,35). The van der Waals surface area contributed by atoms with Crippen molar-refractivity contribution < 1.29 is 9.53 Å². The van der Waals surface area contributed by atoms with Crippen LogP contribution in [0.25, 0.3) is 11.0 Å². The number of aromatic nitrogens is 3. The molecule has 0 unspecified atom stereocenters. The molecule has 0 atom stereocenters. The summed E-state index contributed by atoms with van der Waals surface area (Å²) in [5, 5.41) is 6.44. The third-order valence-electron chi connectivity index (χ3n) is 7.20. The maximum absolute atomic E-state index is 12.7. The van der Waals surface area contributed by atoms with Gasteiger partial charge in [-0.3, -0.25) is 9.78 Å². The topological polar surface area (TPSA) is 84.3 Å². The van der Waals surface area contributed by atoms with E-state index in [0.717, 1.165) is 42.3 Å². The molecule has 0 bridgehead atoms. The van der Waals surface area contributed by atoms with Gasteiger partial charge in [0.15, 0.2) is 0 Å². The molecule has 3 heterocycles. The van der Waals surface area contributed by atoms with E-state index in [4.69, 9.17) is 9.72 Å². The van der Waals surface area contributed by atoms with Gasteiger partial charge in [0.2, 0.25) is 5.95 Å². The van der Waals surface area contributed by atoms with Gasteiger partial charge in [0.05, 0.1) is 11.0 Å². The molecule has 4 aromatic rings. The van der Waals surface area contributed by atoms with E-state index < -0.39 is 0 Å². The molecule has 0 saturated carbocycles. The first-order valence-corrected chi connectivity index (χ1v) is 13.7. The highest BCUT2D eigenvalue weighted by Gasteiger charge is 2.16. The van der Waals surface area contributed by atoms with Crippen LogP contribution in [0.1, 0.15) is 56.1 Å². The Morgan fingerprint density at radius 3 is 2.59 bits per heavy atom. The molecule has 0 aliphatic carbocycles. The summed E-state index contributed by atoms with van der Waals surface area (Å²) in [6.45, 7) is 10.3. The number of carbonyl (C=O) groups is 1. The molecule has 2 aromatic carbocycles. The lowest BCUT2D eigenvalue weighted by Crippen LogP contribution is -2.37. The van der Waals surface area contributed by atoms with E-state index in [1.54, 1.807) is 18.3 Å². The number of piperidine rings is 1. The number of aryl methyl sites for hydroxylation is 1. The summed E-state index contributed by atoms with van der Waals surface area (Å²) in [4.78, 5) is 24.1. The highest BCUT2D eigenvalue weighted by atomic mass is 16.5. The molecule has 8 heteroatoms. The van der Waals surface area contributed by atoms with Crippen LogP contribution in [-0.4, -0.2) is 51.5 Å². The van der Waals surface area contributed by atoms with Crippen molar-refractivity contribution >= 4 is 28.6 Å². The molecule has 5 rings (SSSR count). The zero-order chi connectivity index (χ0) is 27.4. The minimum absolute atomic E-state index is 0.0663. The minimum atomic E-state index is -0.191. The number of ether oxygens (including phenoxy) is 1. The quantitative estimate of drug-likeness (QED) is 0.292. The Balaban J connectivity index is 1.25. The molecule has 1 aliphatic heterocycles. The maximum atomic E-state index is 12.7. The van der Waals surface area contributed by atoms with Crippen molar-refractivity contribution in [1.29, 1.82) is 0 Å². The van der Waals surface area contributed by atoms with Crippen LogP contribution < -0.4 is 15.4 Å². The normalized spacial score (nSPS) is 14.4. The van der Waals surface area contributed by atoms with Gasteiger partial charge in [-0.25, -0.2) is 4.98 Å². The van der Waals surface area contributed by atoms with E-state index >= 15 is 0 Å². The highest BCUT2D eigenvalue weighted by molar-refractivity contribution is 5.92. The molecule has 204 valence electrons. The molecule has 1 saturated heterocycles. The van der Waals surface area contributed by atoms with Crippen molar-refractivity contribution in [2.75, 3.05) is 31.5 Å². The predicted molar refractivity (Wildman–Crippen MR) is 156 cm³/mol. The van der Waals surface area contributed by atoms with E-state index in [-0.39, 0.29) is 11.3 Å². The zero-order valence-electron chi connectivity index (χ0n) is 23.3. The van der Waals surface area contributed by atoms with Crippen LogP contribution in [0.3, 0.4) is 0 Å². The molecule has 0 radical (unpaired) electrons. The number of nitrogens with zero attached hydrogens (tertiary/aromatic N) is 4. The third kappa shape index (κ3) is 6.57. The second-order valence-corrected chi connectivity index (χ2v) is 11.2. The highest BCUT2D eigenvalue weighted by Crippen LogP contribution is 2.30. The van der Waals surface area contributed by atoms with E-state index in [2.05, 4.69) is 59.5 Å². The Morgan fingerprint density at radius 1 is 1.00 bits per heavy atom. The van der Waals surface area contributed by atoms with Crippen LogP contribution in [0.4, 0.5) is 11.6 Å². The summed E-state index contributed by atoms with van der Waals surface area (Å²) in [7, 11) is 1.99. The number of anilines is 2. The number of nitrogens with one attached hydrogen (secondary N) is 2. The molecule has 2 aromatic heterocycles. The van der Waals surface area contributed by atoms with E-state index in [9.17, 15) is 4.79 Å². The molecular formula is C31H38N6O2. The fourth-order valence-electron chi connectivity index (χ4n) is 4.88. The largest absolute Gasteiger partial charge is 0.457 e. The Kier molecular flexibility index (Phi) is 7.84. The van der Waals surface area contributed by atoms with Crippen LogP contribution in [0.15, 0.2) is 60.8 Å².